The van der Waals surface area contributed by atoms with Gasteiger partial charge in [0.2, 0.25) is 0 Å². The summed E-state index contributed by atoms with van der Waals surface area (Å²) >= 11 is 0. The minimum Gasteiger partial charge on any atom is -0.0952 e. The first-order valence-corrected chi connectivity index (χ1v) is 12.2. The van der Waals surface area contributed by atoms with Gasteiger partial charge in [-0.15, -0.1) is 0 Å². The summed E-state index contributed by atoms with van der Waals surface area (Å²) in [6.45, 7) is 11.4. The summed E-state index contributed by atoms with van der Waals surface area (Å²) in [5.74, 6) is 0.821. The number of benzene rings is 2. The first-order chi connectivity index (χ1) is 15.2. The SMILES string of the molecule is C=C1/C(=C/C2=CCc3ccccc32)Cc2c1ccc(CC)c2C(=C)CC1CCCCC1. The maximum Gasteiger partial charge on any atom is -0.000731 e. The zero-order valence-corrected chi connectivity index (χ0v) is 19.0. The average Bonchev–Trinajstić information content (AvgIpc) is 3.35. The van der Waals surface area contributed by atoms with Crippen LogP contribution in [-0.4, -0.2) is 0 Å². The van der Waals surface area contributed by atoms with E-state index in [0.29, 0.717) is 0 Å². The smallest absolute Gasteiger partial charge is 0.000731 e. The van der Waals surface area contributed by atoms with Crippen LogP contribution in [0.5, 0.6) is 0 Å². The minimum atomic E-state index is 0.821. The van der Waals surface area contributed by atoms with E-state index in [1.54, 1.807) is 0 Å². The van der Waals surface area contributed by atoms with Crippen molar-refractivity contribution in [3.63, 3.8) is 0 Å². The maximum atomic E-state index is 4.63. The van der Waals surface area contributed by atoms with Crippen molar-refractivity contribution < 1.29 is 0 Å². The second-order valence-corrected chi connectivity index (χ2v) is 9.64. The molecule has 0 radical (unpaired) electrons. The topological polar surface area (TPSA) is 0 Å². The molecule has 0 spiro atoms. The van der Waals surface area contributed by atoms with Gasteiger partial charge in [-0.05, 0) is 87.3 Å². The van der Waals surface area contributed by atoms with Gasteiger partial charge in [-0.25, -0.2) is 0 Å². The lowest BCUT2D eigenvalue weighted by Crippen LogP contribution is -2.08. The Balaban J connectivity index is 1.47. The number of hydrogen-bond donors (Lipinski definition) is 0. The molecule has 0 aromatic heterocycles. The molecule has 0 saturated heterocycles. The minimum absolute atomic E-state index is 0.821. The van der Waals surface area contributed by atoms with Crippen LogP contribution in [0.4, 0.5) is 0 Å². The maximum absolute atomic E-state index is 4.63. The van der Waals surface area contributed by atoms with Gasteiger partial charge in [0.1, 0.15) is 0 Å². The number of hydrogen-bond acceptors (Lipinski definition) is 0. The summed E-state index contributed by atoms with van der Waals surface area (Å²) < 4.78 is 0. The van der Waals surface area contributed by atoms with Gasteiger partial charge in [-0.2, -0.15) is 0 Å². The van der Waals surface area contributed by atoms with E-state index in [2.05, 4.69) is 68.6 Å². The molecule has 0 nitrogen and oxygen atoms in total. The van der Waals surface area contributed by atoms with E-state index in [1.165, 1.54) is 87.8 Å². The number of fused-ring (bicyclic) bond motifs is 2. The normalized spacial score (nSPS) is 19.5. The lowest BCUT2D eigenvalue weighted by atomic mass is 9.81. The van der Waals surface area contributed by atoms with Crippen LogP contribution in [0.2, 0.25) is 0 Å². The molecule has 1 saturated carbocycles. The van der Waals surface area contributed by atoms with Crippen LogP contribution in [0, 0.1) is 5.92 Å². The van der Waals surface area contributed by atoms with Crippen LogP contribution in [0.25, 0.3) is 16.7 Å². The lowest BCUT2D eigenvalue weighted by molar-refractivity contribution is 0.365. The number of aryl methyl sites for hydroxylation is 1. The van der Waals surface area contributed by atoms with Gasteiger partial charge in [0.05, 0.1) is 0 Å². The molecular weight excluding hydrogens is 372 g/mol. The highest BCUT2D eigenvalue weighted by molar-refractivity contribution is 5.92. The Morgan fingerprint density at radius 2 is 1.84 bits per heavy atom. The predicted molar refractivity (Wildman–Crippen MR) is 135 cm³/mol. The molecule has 0 bridgehead atoms. The van der Waals surface area contributed by atoms with Crippen LogP contribution in [0.15, 0.2) is 67.3 Å². The zero-order valence-electron chi connectivity index (χ0n) is 19.0. The van der Waals surface area contributed by atoms with Gasteiger partial charge in [-0.1, -0.05) is 101 Å². The molecule has 5 rings (SSSR count). The molecule has 0 N–H and O–H groups in total. The van der Waals surface area contributed by atoms with E-state index in [4.69, 9.17) is 0 Å². The number of allylic oxidation sites excluding steroid dienone is 6. The Hall–Kier alpha value is -2.60. The summed E-state index contributed by atoms with van der Waals surface area (Å²) in [6, 6.07) is 13.4. The molecule has 0 atom stereocenters. The van der Waals surface area contributed by atoms with E-state index in [1.807, 2.05) is 0 Å². The van der Waals surface area contributed by atoms with Crippen molar-refractivity contribution in [3.8, 4) is 0 Å². The van der Waals surface area contributed by atoms with E-state index >= 15 is 0 Å². The van der Waals surface area contributed by atoms with E-state index in [0.717, 1.165) is 31.6 Å². The molecule has 0 amide bonds. The van der Waals surface area contributed by atoms with Crippen molar-refractivity contribution >= 4 is 16.7 Å². The fourth-order valence-electron chi connectivity index (χ4n) is 5.98. The Morgan fingerprint density at radius 3 is 2.65 bits per heavy atom. The number of rotatable bonds is 5. The molecule has 1 fully saturated rings. The fourth-order valence-corrected chi connectivity index (χ4v) is 5.98. The first-order valence-electron chi connectivity index (χ1n) is 12.2. The van der Waals surface area contributed by atoms with Gasteiger partial charge in [0, 0.05) is 0 Å². The monoisotopic (exact) mass is 406 g/mol. The second kappa shape index (κ2) is 8.50. The van der Waals surface area contributed by atoms with Crippen molar-refractivity contribution in [1.29, 1.82) is 0 Å². The standard InChI is InChI=1S/C31H34/c1-4-24-16-17-28-22(3)27(19-26-15-14-25-12-8-9-13-29(25)26)20-30(28)31(24)21(2)18-23-10-6-5-7-11-23/h8-9,12-13,15-17,19,23H,2-7,10-11,14,18,20H2,1H3/b27-19+. The van der Waals surface area contributed by atoms with Gasteiger partial charge < -0.3 is 0 Å². The quantitative estimate of drug-likeness (QED) is 0.468. The van der Waals surface area contributed by atoms with Gasteiger partial charge >= 0.3 is 0 Å². The molecule has 3 aliphatic rings. The molecule has 3 aliphatic carbocycles. The summed E-state index contributed by atoms with van der Waals surface area (Å²) in [5.41, 5.74) is 13.8. The molecule has 0 unspecified atom stereocenters. The van der Waals surface area contributed by atoms with Crippen LogP contribution in [0.1, 0.15) is 78.8 Å². The van der Waals surface area contributed by atoms with E-state index in [-0.39, 0.29) is 0 Å². The van der Waals surface area contributed by atoms with Crippen LogP contribution < -0.4 is 0 Å². The molecule has 0 heterocycles. The summed E-state index contributed by atoms with van der Waals surface area (Å²) in [6.07, 6.45) is 16.0. The second-order valence-electron chi connectivity index (χ2n) is 9.64. The van der Waals surface area contributed by atoms with Gasteiger partial charge in [0.15, 0.2) is 0 Å². The highest BCUT2D eigenvalue weighted by Gasteiger charge is 2.27. The Bertz CT molecular complexity index is 1100. The predicted octanol–water partition coefficient (Wildman–Crippen LogP) is 8.37. The van der Waals surface area contributed by atoms with Crippen molar-refractivity contribution in [2.75, 3.05) is 0 Å². The highest BCUT2D eigenvalue weighted by Crippen LogP contribution is 2.44. The third-order valence-corrected chi connectivity index (χ3v) is 7.67. The van der Waals surface area contributed by atoms with Gasteiger partial charge in [-0.3, -0.25) is 0 Å². The molecule has 31 heavy (non-hydrogen) atoms. The Kier molecular flexibility index (Phi) is 5.57. The van der Waals surface area contributed by atoms with Crippen molar-refractivity contribution in [2.24, 2.45) is 5.92 Å². The third kappa shape index (κ3) is 3.78. The molecule has 158 valence electrons. The van der Waals surface area contributed by atoms with Crippen LogP contribution >= 0.6 is 0 Å². The van der Waals surface area contributed by atoms with E-state index in [9.17, 15) is 0 Å². The summed E-state index contributed by atoms with van der Waals surface area (Å²) in [7, 11) is 0. The third-order valence-electron chi connectivity index (χ3n) is 7.67. The molecule has 2 aromatic rings. The van der Waals surface area contributed by atoms with Crippen molar-refractivity contribution in [1.82, 2.24) is 0 Å². The first kappa shape index (κ1) is 20.3. The Labute approximate surface area is 188 Å². The molecule has 0 heteroatoms. The lowest BCUT2D eigenvalue weighted by Gasteiger charge is -2.24. The average molecular weight is 407 g/mol. The van der Waals surface area contributed by atoms with Crippen molar-refractivity contribution in [3.05, 3.63) is 101 Å². The van der Waals surface area contributed by atoms with E-state index < -0.39 is 0 Å². The van der Waals surface area contributed by atoms with Crippen molar-refractivity contribution in [2.45, 2.75) is 64.7 Å². The summed E-state index contributed by atoms with van der Waals surface area (Å²) in [4.78, 5) is 0. The summed E-state index contributed by atoms with van der Waals surface area (Å²) in [5, 5.41) is 0. The van der Waals surface area contributed by atoms with Crippen LogP contribution in [-0.2, 0) is 19.3 Å². The molecule has 0 aliphatic heterocycles. The van der Waals surface area contributed by atoms with Gasteiger partial charge in [0.25, 0.3) is 0 Å². The zero-order chi connectivity index (χ0) is 21.4. The fraction of sp³-hybridized carbons (Fsp3) is 0.355. The molecule has 2 aromatic carbocycles. The Morgan fingerprint density at radius 1 is 1.03 bits per heavy atom. The highest BCUT2D eigenvalue weighted by atomic mass is 14.3. The molecular formula is C31H34. The largest absolute Gasteiger partial charge is 0.0952 e. The van der Waals surface area contributed by atoms with Crippen LogP contribution in [0.3, 0.4) is 0 Å².